The Labute approximate surface area is 198 Å². The van der Waals surface area contributed by atoms with Crippen LogP contribution in [0, 0.1) is 5.82 Å². The maximum Gasteiger partial charge on any atom is 0.223 e. The van der Waals surface area contributed by atoms with Gasteiger partial charge in [0.25, 0.3) is 0 Å². The van der Waals surface area contributed by atoms with Crippen molar-refractivity contribution in [3.63, 3.8) is 0 Å². The lowest BCUT2D eigenvalue weighted by Gasteiger charge is -2.14. The van der Waals surface area contributed by atoms with Gasteiger partial charge in [0.2, 0.25) is 5.95 Å². The van der Waals surface area contributed by atoms with E-state index in [4.69, 9.17) is 5.73 Å². The van der Waals surface area contributed by atoms with E-state index in [1.54, 1.807) is 18.3 Å². The highest BCUT2D eigenvalue weighted by Gasteiger charge is 2.14. The predicted octanol–water partition coefficient (Wildman–Crippen LogP) is 4.01. The van der Waals surface area contributed by atoms with Gasteiger partial charge in [0.15, 0.2) is 0 Å². The first kappa shape index (κ1) is 23.6. The summed E-state index contributed by atoms with van der Waals surface area (Å²) >= 11 is 0. The van der Waals surface area contributed by atoms with Gasteiger partial charge >= 0.3 is 0 Å². The molecule has 4 rings (SSSR count). The number of hydrogen-bond donors (Lipinski definition) is 3. The fourth-order valence-electron chi connectivity index (χ4n) is 3.61. The molecule has 0 amide bonds. The molecule has 0 bridgehead atoms. The van der Waals surface area contributed by atoms with Crippen molar-refractivity contribution >= 4 is 38.2 Å². The van der Waals surface area contributed by atoms with Gasteiger partial charge in [0, 0.05) is 28.4 Å². The van der Waals surface area contributed by atoms with Crippen molar-refractivity contribution in [2.24, 2.45) is 5.73 Å². The number of anilines is 2. The second kappa shape index (κ2) is 10.1. The van der Waals surface area contributed by atoms with Crippen molar-refractivity contribution in [1.29, 1.82) is 0 Å². The molecule has 9 heteroatoms. The molecule has 0 saturated carbocycles. The first-order chi connectivity index (χ1) is 16.4. The molecule has 2 heterocycles. The molecule has 0 aliphatic rings. The van der Waals surface area contributed by atoms with Gasteiger partial charge in [-0.3, -0.25) is 0 Å². The quantitative estimate of drug-likeness (QED) is 0.314. The second-order valence-electron chi connectivity index (χ2n) is 7.90. The van der Waals surface area contributed by atoms with Gasteiger partial charge in [-0.2, -0.15) is 0 Å². The maximum atomic E-state index is 15.0. The molecule has 4 aromatic rings. The smallest absolute Gasteiger partial charge is 0.223 e. The van der Waals surface area contributed by atoms with E-state index >= 15 is 0 Å². The van der Waals surface area contributed by atoms with Crippen LogP contribution in [0.3, 0.4) is 0 Å². The Kier molecular flexibility index (Phi) is 7.04. The Morgan fingerprint density at radius 3 is 2.62 bits per heavy atom. The predicted molar refractivity (Wildman–Crippen MR) is 139 cm³/mol. The molecule has 1 unspecified atom stereocenters. The molecule has 0 fully saturated rings. The number of hydrogen-bond acceptors (Lipinski definition) is 6. The Hall–Kier alpha value is -3.56. The van der Waals surface area contributed by atoms with E-state index in [9.17, 15) is 8.60 Å². The number of aryl methyl sites for hydroxylation is 1. The summed E-state index contributed by atoms with van der Waals surface area (Å²) in [6, 6.07) is 15.9. The lowest BCUT2D eigenvalue weighted by molar-refractivity contribution is 0.632. The largest absolute Gasteiger partial charge is 0.353 e. The van der Waals surface area contributed by atoms with Crippen LogP contribution in [-0.4, -0.2) is 38.1 Å². The summed E-state index contributed by atoms with van der Waals surface area (Å²) in [5, 5.41) is 3.07. The number of pyridine rings is 1. The minimum Gasteiger partial charge on any atom is -0.353 e. The Bertz CT molecular complexity index is 1410. The summed E-state index contributed by atoms with van der Waals surface area (Å²) in [6.45, 7) is 3.08. The Morgan fingerprint density at radius 2 is 1.91 bits per heavy atom. The van der Waals surface area contributed by atoms with Crippen LogP contribution in [0.5, 0.6) is 0 Å². The number of halogens is 1. The van der Waals surface area contributed by atoms with Crippen LogP contribution in [-0.2, 0) is 21.9 Å². The van der Waals surface area contributed by atoms with E-state index in [-0.39, 0.29) is 11.4 Å². The minimum absolute atomic E-state index is 0.134. The molecule has 2 aromatic heterocycles. The van der Waals surface area contributed by atoms with Gasteiger partial charge in [-0.15, -0.1) is 0 Å². The number of nitrogens with zero attached hydrogens (tertiary/aromatic N) is 3. The molecule has 1 atom stereocenters. The average Bonchev–Trinajstić information content (AvgIpc) is 2.83. The summed E-state index contributed by atoms with van der Waals surface area (Å²) in [6.07, 6.45) is 2.38. The topological polar surface area (TPSA) is 106 Å². The standard InChI is InChI=1S/C25H27FN6OS/c1-3-18-14-22(30-23-15-29-25(28-12-11-27)31-24(18)23)19-9-10-21(20(26)13-19)32-34(2,33)16-17-7-5-4-6-8-17/h4-10,13-15H,2-3,11-12,16,27H2,1H3,(H,32,33)(H,28,29,31). The highest BCUT2D eigenvalue weighted by Crippen LogP contribution is 2.28. The number of nitrogens with one attached hydrogen (secondary N) is 2. The van der Waals surface area contributed by atoms with Crippen molar-refractivity contribution in [3.8, 4) is 11.3 Å². The monoisotopic (exact) mass is 478 g/mol. The highest BCUT2D eigenvalue weighted by molar-refractivity contribution is 8.00. The van der Waals surface area contributed by atoms with Crippen LogP contribution in [0.1, 0.15) is 18.1 Å². The van der Waals surface area contributed by atoms with Crippen LogP contribution in [0.15, 0.2) is 60.8 Å². The van der Waals surface area contributed by atoms with Crippen molar-refractivity contribution < 1.29 is 8.60 Å². The van der Waals surface area contributed by atoms with E-state index < -0.39 is 15.5 Å². The molecule has 0 saturated heterocycles. The van der Waals surface area contributed by atoms with Gasteiger partial charge in [-0.05, 0) is 41.6 Å². The van der Waals surface area contributed by atoms with Crippen LogP contribution < -0.4 is 15.8 Å². The average molecular weight is 479 g/mol. The van der Waals surface area contributed by atoms with Crippen LogP contribution in [0.4, 0.5) is 16.0 Å². The van der Waals surface area contributed by atoms with Gasteiger partial charge in [0.05, 0.1) is 28.8 Å². The van der Waals surface area contributed by atoms with E-state index in [1.165, 1.54) is 6.07 Å². The molecule has 176 valence electrons. The molecule has 34 heavy (non-hydrogen) atoms. The second-order valence-corrected chi connectivity index (χ2v) is 10.0. The van der Waals surface area contributed by atoms with Crippen molar-refractivity contribution in [2.45, 2.75) is 19.1 Å². The van der Waals surface area contributed by atoms with Gasteiger partial charge in [-0.1, -0.05) is 43.3 Å². The minimum atomic E-state index is -2.77. The molecule has 7 nitrogen and oxygen atoms in total. The maximum absolute atomic E-state index is 15.0. The van der Waals surface area contributed by atoms with E-state index in [0.717, 1.165) is 23.1 Å². The van der Waals surface area contributed by atoms with Crippen molar-refractivity contribution in [3.05, 3.63) is 77.7 Å². The zero-order valence-corrected chi connectivity index (χ0v) is 19.7. The molecule has 0 spiro atoms. The molecule has 0 aliphatic heterocycles. The lowest BCUT2D eigenvalue weighted by atomic mass is 10.1. The van der Waals surface area contributed by atoms with Gasteiger partial charge in [-0.25, -0.2) is 23.6 Å². The van der Waals surface area contributed by atoms with Crippen LogP contribution >= 0.6 is 0 Å². The third kappa shape index (κ3) is 5.49. The zero-order valence-electron chi connectivity index (χ0n) is 18.9. The van der Waals surface area contributed by atoms with Crippen molar-refractivity contribution in [1.82, 2.24) is 15.0 Å². The van der Waals surface area contributed by atoms with Gasteiger partial charge < -0.3 is 15.8 Å². The SMILES string of the molecule is C=S(=O)(Cc1ccccc1)Nc1ccc(-c2cc(CC)c3nc(NCCN)ncc3n2)cc1F. The van der Waals surface area contributed by atoms with Gasteiger partial charge in [0.1, 0.15) is 11.3 Å². The van der Waals surface area contributed by atoms with Crippen molar-refractivity contribution in [2.75, 3.05) is 23.1 Å². The Morgan fingerprint density at radius 1 is 1.12 bits per heavy atom. The molecule has 0 radical (unpaired) electrons. The van der Waals surface area contributed by atoms with E-state index in [2.05, 4.69) is 30.9 Å². The number of fused-ring (bicyclic) bond motifs is 1. The molecular formula is C25H27FN6OS. The fraction of sp³-hybridized carbons (Fsp3) is 0.200. The molecular weight excluding hydrogens is 451 g/mol. The highest BCUT2D eigenvalue weighted by atomic mass is 32.2. The number of benzene rings is 2. The molecule has 4 N–H and O–H groups in total. The van der Waals surface area contributed by atoms with E-state index in [1.807, 2.05) is 43.3 Å². The number of aromatic nitrogens is 3. The number of rotatable bonds is 9. The molecule has 2 aromatic carbocycles. The molecule has 0 aliphatic carbocycles. The fourth-order valence-corrected chi connectivity index (χ4v) is 4.98. The van der Waals surface area contributed by atoms with Crippen LogP contribution in [0.25, 0.3) is 22.3 Å². The summed E-state index contributed by atoms with van der Waals surface area (Å²) < 4.78 is 30.7. The number of nitrogens with two attached hydrogens (primary N) is 1. The third-order valence-corrected chi connectivity index (χ3v) is 6.63. The summed E-state index contributed by atoms with van der Waals surface area (Å²) in [4.78, 5) is 13.5. The third-order valence-electron chi connectivity index (χ3n) is 5.24. The normalized spacial score (nSPS) is 12.9. The van der Waals surface area contributed by atoms with Crippen LogP contribution in [0.2, 0.25) is 0 Å². The zero-order chi connectivity index (χ0) is 24.1. The summed E-state index contributed by atoms with van der Waals surface area (Å²) in [7, 11) is -2.77. The summed E-state index contributed by atoms with van der Waals surface area (Å²) in [5.74, 6) is 3.94. The first-order valence-corrected chi connectivity index (χ1v) is 12.9. The Balaban J connectivity index is 1.61. The first-order valence-electron chi connectivity index (χ1n) is 11.0. The lowest BCUT2D eigenvalue weighted by Crippen LogP contribution is -2.15. The van der Waals surface area contributed by atoms with E-state index in [0.29, 0.717) is 35.8 Å². The summed E-state index contributed by atoms with van der Waals surface area (Å²) in [5.41, 5.74) is 10.1.